The highest BCUT2D eigenvalue weighted by molar-refractivity contribution is 5.94. The molecule has 166 valence electrons. The van der Waals surface area contributed by atoms with Crippen molar-refractivity contribution in [3.8, 4) is 5.75 Å². The molecule has 0 spiro atoms. The van der Waals surface area contributed by atoms with Crippen LogP contribution in [0.4, 0.5) is 0 Å². The summed E-state index contributed by atoms with van der Waals surface area (Å²) in [6, 6.07) is 16.3. The minimum atomic E-state index is -0.737. The molecule has 0 saturated carbocycles. The molecular formula is C24H30N2O5. The summed E-state index contributed by atoms with van der Waals surface area (Å²) in [5, 5.41) is 10.4. The van der Waals surface area contributed by atoms with Gasteiger partial charge in [-0.25, -0.2) is 0 Å². The van der Waals surface area contributed by atoms with Gasteiger partial charge in [-0.2, -0.15) is 0 Å². The number of methoxy groups -OCH3 is 1. The van der Waals surface area contributed by atoms with Gasteiger partial charge in [0.25, 0.3) is 5.91 Å². The molecule has 0 aromatic heterocycles. The van der Waals surface area contributed by atoms with Crippen molar-refractivity contribution in [1.82, 2.24) is 9.80 Å². The van der Waals surface area contributed by atoms with Crippen LogP contribution in [0, 0.1) is 0 Å². The Hall–Kier alpha value is -2.90. The summed E-state index contributed by atoms with van der Waals surface area (Å²) in [7, 11) is 3.20. The minimum Gasteiger partial charge on any atom is -0.490 e. The SMILES string of the molecule is COCC(=O)N1CCC(Oc2ccc(C(=O)N(C)C[C@@H](O)c3ccccc3)cc2)CC1. The molecule has 1 aliphatic rings. The lowest BCUT2D eigenvalue weighted by molar-refractivity contribution is -0.136. The first-order chi connectivity index (χ1) is 15.0. The molecule has 2 aromatic rings. The van der Waals surface area contributed by atoms with E-state index in [0.29, 0.717) is 24.4 Å². The standard InChI is InChI=1S/C24H30N2O5/c1-25(16-22(27)18-6-4-3-5-7-18)24(29)19-8-10-20(11-9-19)31-21-12-14-26(15-13-21)23(28)17-30-2/h3-11,21-22,27H,12-17H2,1-2H3/t22-/m1/s1. The average molecular weight is 427 g/mol. The van der Waals surface area contributed by atoms with Gasteiger partial charge in [0, 0.05) is 45.7 Å². The Morgan fingerprint density at radius 2 is 1.74 bits per heavy atom. The molecule has 7 nitrogen and oxygen atoms in total. The van der Waals surface area contributed by atoms with Gasteiger partial charge in [0.2, 0.25) is 5.91 Å². The van der Waals surface area contributed by atoms with Gasteiger partial charge in [0.1, 0.15) is 18.5 Å². The monoisotopic (exact) mass is 426 g/mol. The largest absolute Gasteiger partial charge is 0.490 e. The Bertz CT molecular complexity index is 848. The molecule has 1 aliphatic heterocycles. The number of likely N-dealkylation sites (N-methyl/N-ethyl adjacent to an activating group) is 1. The summed E-state index contributed by atoms with van der Waals surface area (Å²) >= 11 is 0. The third-order valence-electron chi connectivity index (χ3n) is 5.44. The van der Waals surface area contributed by atoms with Crippen LogP contribution in [0.15, 0.2) is 54.6 Å². The Kier molecular flexibility index (Phi) is 8.03. The normalized spacial score (nSPS) is 15.4. The smallest absolute Gasteiger partial charge is 0.253 e. The second kappa shape index (κ2) is 10.9. The van der Waals surface area contributed by atoms with Crippen molar-refractivity contribution < 1.29 is 24.2 Å². The van der Waals surface area contributed by atoms with Crippen molar-refractivity contribution in [3.05, 3.63) is 65.7 Å². The molecule has 31 heavy (non-hydrogen) atoms. The number of rotatable bonds is 8. The molecule has 1 heterocycles. The quantitative estimate of drug-likeness (QED) is 0.702. The third-order valence-corrected chi connectivity index (χ3v) is 5.44. The topological polar surface area (TPSA) is 79.3 Å². The van der Waals surface area contributed by atoms with E-state index in [9.17, 15) is 14.7 Å². The maximum Gasteiger partial charge on any atom is 0.253 e. The summed E-state index contributed by atoms with van der Waals surface area (Å²) in [6.45, 7) is 1.62. The lowest BCUT2D eigenvalue weighted by Crippen LogP contribution is -2.43. The lowest BCUT2D eigenvalue weighted by atomic mass is 10.1. The van der Waals surface area contributed by atoms with E-state index >= 15 is 0 Å². The van der Waals surface area contributed by atoms with E-state index < -0.39 is 6.10 Å². The molecule has 1 atom stereocenters. The molecule has 2 amide bonds. The molecule has 1 N–H and O–H groups in total. The summed E-state index contributed by atoms with van der Waals surface area (Å²) in [5.74, 6) is 0.544. The van der Waals surface area contributed by atoms with Crippen LogP contribution in [0.2, 0.25) is 0 Å². The van der Waals surface area contributed by atoms with Gasteiger partial charge in [-0.05, 0) is 29.8 Å². The molecule has 0 bridgehead atoms. The van der Waals surface area contributed by atoms with Crippen molar-refractivity contribution in [2.45, 2.75) is 25.0 Å². The number of ether oxygens (including phenoxy) is 2. The van der Waals surface area contributed by atoms with Gasteiger partial charge in [-0.15, -0.1) is 0 Å². The molecule has 3 rings (SSSR count). The molecule has 1 fully saturated rings. The van der Waals surface area contributed by atoms with Gasteiger partial charge < -0.3 is 24.4 Å². The van der Waals surface area contributed by atoms with Gasteiger partial charge in [0.15, 0.2) is 0 Å². The maximum atomic E-state index is 12.7. The fraction of sp³-hybridized carbons (Fsp3) is 0.417. The molecule has 0 aliphatic carbocycles. The highest BCUT2D eigenvalue weighted by Gasteiger charge is 2.24. The number of carbonyl (C=O) groups is 2. The number of aliphatic hydroxyl groups is 1. The average Bonchev–Trinajstić information content (AvgIpc) is 2.80. The van der Waals surface area contributed by atoms with Gasteiger partial charge in [-0.3, -0.25) is 9.59 Å². The second-order valence-corrected chi connectivity index (χ2v) is 7.77. The zero-order valence-corrected chi connectivity index (χ0v) is 18.1. The predicted octanol–water partition coefficient (Wildman–Crippen LogP) is 2.51. The maximum absolute atomic E-state index is 12.7. The van der Waals surface area contributed by atoms with E-state index in [1.165, 1.54) is 12.0 Å². The molecule has 2 aromatic carbocycles. The number of nitrogens with zero attached hydrogens (tertiary/aromatic N) is 2. The van der Waals surface area contributed by atoms with Crippen molar-refractivity contribution in [1.29, 1.82) is 0 Å². The van der Waals surface area contributed by atoms with Crippen LogP contribution < -0.4 is 4.74 Å². The molecule has 0 radical (unpaired) electrons. The van der Waals surface area contributed by atoms with E-state index in [-0.39, 0.29) is 31.1 Å². The zero-order chi connectivity index (χ0) is 22.2. The Balaban J connectivity index is 1.49. The van der Waals surface area contributed by atoms with Crippen LogP contribution in [0.1, 0.15) is 34.9 Å². The number of hydrogen-bond acceptors (Lipinski definition) is 5. The van der Waals surface area contributed by atoms with E-state index in [0.717, 1.165) is 18.4 Å². The van der Waals surface area contributed by atoms with Crippen LogP contribution in [0.5, 0.6) is 5.75 Å². The fourth-order valence-electron chi connectivity index (χ4n) is 3.65. The number of aliphatic hydroxyl groups excluding tert-OH is 1. The first-order valence-corrected chi connectivity index (χ1v) is 10.5. The van der Waals surface area contributed by atoms with Crippen LogP contribution >= 0.6 is 0 Å². The Morgan fingerprint density at radius 1 is 1.10 bits per heavy atom. The van der Waals surface area contributed by atoms with Gasteiger partial charge in [0.05, 0.1) is 12.6 Å². The number of carbonyl (C=O) groups excluding carboxylic acids is 2. The van der Waals surface area contributed by atoms with Gasteiger partial charge in [-0.1, -0.05) is 30.3 Å². The molecular weight excluding hydrogens is 396 g/mol. The minimum absolute atomic E-state index is 0.00492. The van der Waals surface area contributed by atoms with Crippen molar-refractivity contribution >= 4 is 11.8 Å². The second-order valence-electron chi connectivity index (χ2n) is 7.77. The molecule has 0 unspecified atom stereocenters. The van der Waals surface area contributed by atoms with Crippen LogP contribution in [0.3, 0.4) is 0 Å². The highest BCUT2D eigenvalue weighted by Crippen LogP contribution is 2.21. The Morgan fingerprint density at radius 3 is 2.35 bits per heavy atom. The summed E-state index contributed by atoms with van der Waals surface area (Å²) in [6.07, 6.45) is 0.822. The third kappa shape index (κ3) is 6.29. The highest BCUT2D eigenvalue weighted by atomic mass is 16.5. The number of likely N-dealkylation sites (tertiary alicyclic amines) is 1. The van der Waals surface area contributed by atoms with Crippen molar-refractivity contribution in [3.63, 3.8) is 0 Å². The Labute approximate surface area is 183 Å². The fourth-order valence-corrected chi connectivity index (χ4v) is 3.65. The molecule has 1 saturated heterocycles. The van der Waals surface area contributed by atoms with E-state index in [1.807, 2.05) is 30.3 Å². The van der Waals surface area contributed by atoms with Crippen LogP contribution in [-0.2, 0) is 9.53 Å². The van der Waals surface area contributed by atoms with Crippen molar-refractivity contribution in [2.24, 2.45) is 0 Å². The first-order valence-electron chi connectivity index (χ1n) is 10.5. The molecule has 7 heteroatoms. The summed E-state index contributed by atoms with van der Waals surface area (Å²) in [5.41, 5.74) is 1.32. The lowest BCUT2D eigenvalue weighted by Gasteiger charge is -2.32. The zero-order valence-electron chi connectivity index (χ0n) is 18.1. The summed E-state index contributed by atoms with van der Waals surface area (Å²) < 4.78 is 10.9. The van der Waals surface area contributed by atoms with Gasteiger partial charge >= 0.3 is 0 Å². The van der Waals surface area contributed by atoms with E-state index in [1.54, 1.807) is 36.2 Å². The number of piperidine rings is 1. The number of benzene rings is 2. The number of hydrogen-bond donors (Lipinski definition) is 1. The first kappa shape index (κ1) is 22.8. The van der Waals surface area contributed by atoms with Crippen LogP contribution in [0.25, 0.3) is 0 Å². The number of amides is 2. The predicted molar refractivity (Wildman–Crippen MR) is 117 cm³/mol. The van der Waals surface area contributed by atoms with Crippen molar-refractivity contribution in [2.75, 3.05) is 40.4 Å². The summed E-state index contributed by atoms with van der Waals surface area (Å²) in [4.78, 5) is 27.9. The van der Waals surface area contributed by atoms with Crippen LogP contribution in [-0.4, -0.2) is 73.2 Å². The van der Waals surface area contributed by atoms with E-state index in [4.69, 9.17) is 9.47 Å². The van der Waals surface area contributed by atoms with E-state index in [2.05, 4.69) is 0 Å².